The number of carbonyl (C=O) groups is 1. The summed E-state index contributed by atoms with van der Waals surface area (Å²) in [5.41, 5.74) is 4.90. The SMILES string of the molecule is CN(C)C/C=C/C(=O)N1CCn2nc(-c3cccc(Cl)c3)c(-c3ccncc3)c2C1. The first-order valence-corrected chi connectivity index (χ1v) is 10.3. The lowest BCUT2D eigenvalue weighted by molar-refractivity contribution is -0.127. The number of fused-ring (bicyclic) bond motifs is 1. The average molecular weight is 422 g/mol. The largest absolute Gasteiger partial charge is 0.331 e. The summed E-state index contributed by atoms with van der Waals surface area (Å²) in [4.78, 5) is 20.8. The summed E-state index contributed by atoms with van der Waals surface area (Å²) in [7, 11) is 3.96. The van der Waals surface area contributed by atoms with E-state index in [0.29, 0.717) is 24.7 Å². The van der Waals surface area contributed by atoms with Crippen molar-refractivity contribution >= 4 is 17.5 Å². The molecule has 0 spiro atoms. The van der Waals surface area contributed by atoms with Crippen LogP contribution >= 0.6 is 11.6 Å². The number of nitrogens with zero attached hydrogens (tertiary/aromatic N) is 5. The highest BCUT2D eigenvalue weighted by Crippen LogP contribution is 2.37. The molecule has 1 amide bonds. The van der Waals surface area contributed by atoms with Crippen molar-refractivity contribution in [2.45, 2.75) is 13.1 Å². The Labute approximate surface area is 181 Å². The van der Waals surface area contributed by atoms with E-state index >= 15 is 0 Å². The van der Waals surface area contributed by atoms with E-state index in [2.05, 4.69) is 4.98 Å². The molecular formula is C23H24ClN5O. The normalized spacial score (nSPS) is 13.8. The van der Waals surface area contributed by atoms with Gasteiger partial charge in [-0.2, -0.15) is 5.10 Å². The third kappa shape index (κ3) is 4.30. The van der Waals surface area contributed by atoms with Crippen LogP contribution in [0.4, 0.5) is 0 Å². The molecule has 0 saturated carbocycles. The molecule has 1 aliphatic heterocycles. The monoisotopic (exact) mass is 421 g/mol. The fourth-order valence-electron chi connectivity index (χ4n) is 3.64. The molecule has 7 heteroatoms. The first-order chi connectivity index (χ1) is 14.5. The maximum atomic E-state index is 12.7. The molecule has 0 aliphatic carbocycles. The molecule has 0 atom stereocenters. The number of halogens is 1. The molecule has 2 aromatic heterocycles. The molecule has 0 radical (unpaired) electrons. The zero-order valence-corrected chi connectivity index (χ0v) is 17.9. The Morgan fingerprint density at radius 1 is 1.17 bits per heavy atom. The Balaban J connectivity index is 1.73. The summed E-state index contributed by atoms with van der Waals surface area (Å²) in [6.07, 6.45) is 7.11. The van der Waals surface area contributed by atoms with Crippen LogP contribution in [0.2, 0.25) is 5.02 Å². The molecule has 1 aromatic carbocycles. The van der Waals surface area contributed by atoms with E-state index in [9.17, 15) is 4.79 Å². The molecule has 0 bridgehead atoms. The summed E-state index contributed by atoms with van der Waals surface area (Å²) in [6.45, 7) is 2.53. The molecule has 3 heterocycles. The second-order valence-corrected chi connectivity index (χ2v) is 8.00. The van der Waals surface area contributed by atoms with Crippen molar-refractivity contribution < 1.29 is 4.79 Å². The minimum absolute atomic E-state index is 0.0225. The minimum atomic E-state index is 0.0225. The molecule has 0 saturated heterocycles. The molecule has 30 heavy (non-hydrogen) atoms. The minimum Gasteiger partial charge on any atom is -0.331 e. The van der Waals surface area contributed by atoms with Gasteiger partial charge in [-0.05, 0) is 43.9 Å². The predicted octanol–water partition coefficient (Wildman–Crippen LogP) is 3.73. The summed E-state index contributed by atoms with van der Waals surface area (Å²) < 4.78 is 2.01. The summed E-state index contributed by atoms with van der Waals surface area (Å²) in [5.74, 6) is 0.0225. The summed E-state index contributed by atoms with van der Waals surface area (Å²) in [6, 6.07) is 11.7. The van der Waals surface area contributed by atoms with E-state index in [4.69, 9.17) is 16.7 Å². The number of hydrogen-bond donors (Lipinski definition) is 0. The summed E-state index contributed by atoms with van der Waals surface area (Å²) >= 11 is 6.25. The second kappa shape index (κ2) is 8.81. The van der Waals surface area contributed by atoms with Crippen LogP contribution in [0.15, 0.2) is 60.9 Å². The van der Waals surface area contributed by atoms with Gasteiger partial charge in [0.05, 0.1) is 18.8 Å². The summed E-state index contributed by atoms with van der Waals surface area (Å²) in [5, 5.41) is 5.56. The third-order valence-corrected chi connectivity index (χ3v) is 5.32. The van der Waals surface area contributed by atoms with Crippen LogP contribution in [-0.2, 0) is 17.9 Å². The molecular weight excluding hydrogens is 398 g/mol. The number of rotatable bonds is 5. The Morgan fingerprint density at radius 2 is 1.97 bits per heavy atom. The molecule has 0 N–H and O–H groups in total. The molecule has 154 valence electrons. The Kier molecular flexibility index (Phi) is 5.97. The molecule has 6 nitrogen and oxygen atoms in total. The molecule has 0 fully saturated rings. The average Bonchev–Trinajstić information content (AvgIpc) is 3.13. The van der Waals surface area contributed by atoms with E-state index in [1.807, 2.05) is 71.1 Å². The van der Waals surface area contributed by atoms with E-state index in [1.165, 1.54) is 0 Å². The first-order valence-electron chi connectivity index (χ1n) is 9.89. The number of aromatic nitrogens is 3. The van der Waals surface area contributed by atoms with Crippen molar-refractivity contribution in [2.75, 3.05) is 27.2 Å². The van der Waals surface area contributed by atoms with E-state index in [1.54, 1.807) is 18.5 Å². The highest BCUT2D eigenvalue weighted by Gasteiger charge is 2.27. The van der Waals surface area contributed by atoms with Crippen molar-refractivity contribution in [3.05, 3.63) is 71.7 Å². The van der Waals surface area contributed by atoms with Gasteiger partial charge in [0.2, 0.25) is 5.91 Å². The maximum Gasteiger partial charge on any atom is 0.246 e. The zero-order chi connectivity index (χ0) is 21.1. The van der Waals surface area contributed by atoms with Crippen LogP contribution in [0.5, 0.6) is 0 Å². The van der Waals surface area contributed by atoms with Gasteiger partial charge in [-0.25, -0.2) is 0 Å². The Hall–Kier alpha value is -2.96. The van der Waals surface area contributed by atoms with Gasteiger partial charge in [0.1, 0.15) is 5.69 Å². The van der Waals surface area contributed by atoms with Crippen molar-refractivity contribution in [1.29, 1.82) is 0 Å². The van der Waals surface area contributed by atoms with Crippen LogP contribution < -0.4 is 0 Å². The van der Waals surface area contributed by atoms with Gasteiger partial charge in [0.25, 0.3) is 0 Å². The standard InChI is InChI=1S/C23H24ClN5O/c1-27(2)12-4-7-21(30)28-13-14-29-20(16-28)22(17-8-10-25-11-9-17)23(26-29)18-5-3-6-19(24)15-18/h3-11,15H,12-14,16H2,1-2H3/b7-4+. The number of carbonyl (C=O) groups excluding carboxylic acids is 1. The van der Waals surface area contributed by atoms with Gasteiger partial charge < -0.3 is 9.80 Å². The lowest BCUT2D eigenvalue weighted by atomic mass is 9.99. The van der Waals surface area contributed by atoms with Crippen molar-refractivity contribution in [2.24, 2.45) is 0 Å². The van der Waals surface area contributed by atoms with Crippen LogP contribution in [0.1, 0.15) is 5.69 Å². The molecule has 0 unspecified atom stereocenters. The van der Waals surface area contributed by atoms with Crippen LogP contribution in [0.25, 0.3) is 22.4 Å². The van der Waals surface area contributed by atoms with Gasteiger partial charge in [0.15, 0.2) is 0 Å². The Morgan fingerprint density at radius 3 is 2.70 bits per heavy atom. The molecule has 1 aliphatic rings. The number of benzene rings is 1. The first kappa shape index (κ1) is 20.3. The van der Waals surface area contributed by atoms with Gasteiger partial charge in [0, 0.05) is 47.7 Å². The second-order valence-electron chi connectivity index (χ2n) is 7.56. The Bertz CT molecular complexity index is 1070. The van der Waals surface area contributed by atoms with Gasteiger partial charge in [-0.1, -0.05) is 29.8 Å². The quantitative estimate of drug-likeness (QED) is 0.589. The molecule has 3 aromatic rings. The number of amides is 1. The molecule has 4 rings (SSSR count). The fraction of sp³-hybridized carbons (Fsp3) is 0.261. The lowest BCUT2D eigenvalue weighted by Crippen LogP contribution is -2.37. The van der Waals surface area contributed by atoms with Crippen molar-refractivity contribution in [3.63, 3.8) is 0 Å². The smallest absolute Gasteiger partial charge is 0.246 e. The topological polar surface area (TPSA) is 54.3 Å². The van der Waals surface area contributed by atoms with Gasteiger partial charge in [-0.15, -0.1) is 0 Å². The number of hydrogen-bond acceptors (Lipinski definition) is 4. The highest BCUT2D eigenvalue weighted by atomic mass is 35.5. The third-order valence-electron chi connectivity index (χ3n) is 5.09. The number of pyridine rings is 1. The highest BCUT2D eigenvalue weighted by molar-refractivity contribution is 6.30. The van der Waals surface area contributed by atoms with Crippen LogP contribution in [0, 0.1) is 0 Å². The van der Waals surface area contributed by atoms with Crippen LogP contribution in [-0.4, -0.2) is 57.7 Å². The van der Waals surface area contributed by atoms with E-state index < -0.39 is 0 Å². The van der Waals surface area contributed by atoms with E-state index in [0.717, 1.165) is 34.6 Å². The lowest BCUT2D eigenvalue weighted by Gasteiger charge is -2.27. The van der Waals surface area contributed by atoms with Crippen LogP contribution in [0.3, 0.4) is 0 Å². The fourth-order valence-corrected chi connectivity index (χ4v) is 3.83. The van der Waals surface area contributed by atoms with E-state index in [-0.39, 0.29) is 5.91 Å². The van der Waals surface area contributed by atoms with Crippen molar-refractivity contribution in [1.82, 2.24) is 24.6 Å². The van der Waals surface area contributed by atoms with Gasteiger partial charge in [-0.3, -0.25) is 14.5 Å². The number of likely N-dealkylation sites (N-methyl/N-ethyl adjacent to an activating group) is 1. The maximum absolute atomic E-state index is 12.7. The zero-order valence-electron chi connectivity index (χ0n) is 17.1. The predicted molar refractivity (Wildman–Crippen MR) is 119 cm³/mol. The van der Waals surface area contributed by atoms with Gasteiger partial charge >= 0.3 is 0 Å². The van der Waals surface area contributed by atoms with Crippen molar-refractivity contribution in [3.8, 4) is 22.4 Å².